The van der Waals surface area contributed by atoms with Gasteiger partial charge in [0.25, 0.3) is 11.8 Å². The van der Waals surface area contributed by atoms with E-state index in [-0.39, 0.29) is 29.8 Å². The Morgan fingerprint density at radius 3 is 2.51 bits per heavy atom. The van der Waals surface area contributed by atoms with Gasteiger partial charge in [0.15, 0.2) is 11.0 Å². The van der Waals surface area contributed by atoms with E-state index in [2.05, 4.69) is 15.5 Å². The molecule has 6 rings (SSSR count). The van der Waals surface area contributed by atoms with Crippen molar-refractivity contribution in [3.8, 4) is 5.75 Å². The number of carbonyl (C=O) groups excluding carboxylic acids is 2. The molecule has 228 valence electrons. The summed E-state index contributed by atoms with van der Waals surface area (Å²) in [5.41, 5.74) is 2.77. The van der Waals surface area contributed by atoms with E-state index in [0.29, 0.717) is 23.9 Å². The van der Waals surface area contributed by atoms with Crippen molar-refractivity contribution in [3.63, 3.8) is 0 Å². The molecule has 2 amide bonds. The molecule has 45 heavy (non-hydrogen) atoms. The fourth-order valence-corrected chi connectivity index (χ4v) is 6.52. The SMILES string of the molecule is COc1ccc([C@@H]2CC(c3cccs3)=NN2C(=O)CSc2nnc(CNC(=O)c3ccccc3F)n2Cc2ccccc2)cc1. The lowest BCUT2D eigenvalue weighted by Crippen LogP contribution is -2.28. The number of ether oxygens (including phenoxy) is 1. The van der Waals surface area contributed by atoms with E-state index in [4.69, 9.17) is 9.84 Å². The molecule has 3 aromatic carbocycles. The molecule has 1 aliphatic heterocycles. The summed E-state index contributed by atoms with van der Waals surface area (Å²) in [5.74, 6) is -0.0318. The van der Waals surface area contributed by atoms with Crippen LogP contribution < -0.4 is 10.1 Å². The molecule has 1 aliphatic rings. The van der Waals surface area contributed by atoms with Gasteiger partial charge in [-0.2, -0.15) is 5.10 Å². The number of carbonyl (C=O) groups is 2. The molecule has 0 radical (unpaired) electrons. The van der Waals surface area contributed by atoms with Gasteiger partial charge in [0, 0.05) is 6.42 Å². The Bertz CT molecular complexity index is 1810. The van der Waals surface area contributed by atoms with E-state index < -0.39 is 11.7 Å². The molecule has 1 N–H and O–H groups in total. The van der Waals surface area contributed by atoms with E-state index in [1.807, 2.05) is 76.7 Å². The summed E-state index contributed by atoms with van der Waals surface area (Å²) in [6.07, 6.45) is 0.597. The predicted molar refractivity (Wildman–Crippen MR) is 172 cm³/mol. The quantitative estimate of drug-likeness (QED) is 0.180. The smallest absolute Gasteiger partial charge is 0.254 e. The fraction of sp³-hybridized carbons (Fsp3) is 0.182. The van der Waals surface area contributed by atoms with Gasteiger partial charge >= 0.3 is 0 Å². The average Bonchev–Trinajstić information content (AvgIpc) is 3.84. The van der Waals surface area contributed by atoms with Gasteiger partial charge in [-0.3, -0.25) is 9.59 Å². The van der Waals surface area contributed by atoms with Crippen LogP contribution in [0, 0.1) is 5.82 Å². The highest BCUT2D eigenvalue weighted by Gasteiger charge is 2.33. The highest BCUT2D eigenvalue weighted by atomic mass is 32.2. The van der Waals surface area contributed by atoms with Crippen LogP contribution in [-0.2, 0) is 17.9 Å². The van der Waals surface area contributed by atoms with Crippen LogP contribution in [0.4, 0.5) is 4.39 Å². The Balaban J connectivity index is 1.21. The van der Waals surface area contributed by atoms with Crippen molar-refractivity contribution in [2.45, 2.75) is 30.7 Å². The van der Waals surface area contributed by atoms with E-state index in [1.165, 1.54) is 30.0 Å². The molecular weight excluding hydrogens is 612 g/mol. The van der Waals surface area contributed by atoms with Crippen LogP contribution in [0.15, 0.2) is 107 Å². The highest BCUT2D eigenvalue weighted by molar-refractivity contribution is 7.99. The van der Waals surface area contributed by atoms with Crippen LogP contribution in [-0.4, -0.2) is 50.2 Å². The molecule has 0 aliphatic carbocycles. The topological polar surface area (TPSA) is 102 Å². The first-order valence-corrected chi connectivity index (χ1v) is 16.1. The summed E-state index contributed by atoms with van der Waals surface area (Å²) in [5, 5.41) is 20.3. The second-order valence-corrected chi connectivity index (χ2v) is 12.1. The number of hydrazone groups is 1. The highest BCUT2D eigenvalue weighted by Crippen LogP contribution is 2.35. The summed E-state index contributed by atoms with van der Waals surface area (Å²) >= 11 is 2.85. The first-order chi connectivity index (χ1) is 22.0. The monoisotopic (exact) mass is 640 g/mol. The zero-order valence-electron chi connectivity index (χ0n) is 24.3. The summed E-state index contributed by atoms with van der Waals surface area (Å²) in [4.78, 5) is 27.5. The van der Waals surface area contributed by atoms with Crippen LogP contribution >= 0.6 is 23.1 Å². The third-order valence-corrected chi connectivity index (χ3v) is 9.17. The Morgan fingerprint density at radius 2 is 1.78 bits per heavy atom. The Morgan fingerprint density at radius 1 is 1.00 bits per heavy atom. The second kappa shape index (κ2) is 13.9. The first-order valence-electron chi connectivity index (χ1n) is 14.2. The number of nitrogens with one attached hydrogen (secondary N) is 1. The number of thioether (sulfide) groups is 1. The maximum absolute atomic E-state index is 14.2. The number of thiophene rings is 1. The molecule has 0 spiro atoms. The standard InChI is InChI=1S/C33H29FN6O3S2/c1-43-24-15-13-23(14-16-24)28-18-27(29-12-7-17-44-29)38-40(28)31(41)21-45-33-37-36-30(39(33)20-22-8-3-2-4-9-22)19-35-32(42)25-10-5-6-11-26(25)34/h2-17,28H,18-21H2,1H3,(H,35,42)/t28-/m0/s1. The molecule has 1 atom stereocenters. The number of nitrogens with zero attached hydrogens (tertiary/aromatic N) is 5. The third-order valence-electron chi connectivity index (χ3n) is 7.30. The normalized spacial score (nSPS) is 14.3. The van der Waals surface area contributed by atoms with Crippen LogP contribution in [0.1, 0.15) is 44.6 Å². The van der Waals surface area contributed by atoms with E-state index >= 15 is 0 Å². The Hall–Kier alpha value is -4.81. The number of halogens is 1. The number of amides is 2. The number of hydrogen-bond acceptors (Lipinski definition) is 8. The van der Waals surface area contributed by atoms with Gasteiger partial charge < -0.3 is 14.6 Å². The first kappa shape index (κ1) is 30.2. The lowest BCUT2D eigenvalue weighted by Gasteiger charge is -2.22. The van der Waals surface area contributed by atoms with Gasteiger partial charge in [-0.15, -0.1) is 21.5 Å². The maximum atomic E-state index is 14.2. The van der Waals surface area contributed by atoms with Gasteiger partial charge in [0.2, 0.25) is 0 Å². The number of hydrogen-bond donors (Lipinski definition) is 1. The van der Waals surface area contributed by atoms with Crippen LogP contribution in [0.3, 0.4) is 0 Å². The molecule has 5 aromatic rings. The van der Waals surface area contributed by atoms with Gasteiger partial charge in [-0.1, -0.05) is 72.4 Å². The molecule has 0 saturated heterocycles. The summed E-state index contributed by atoms with van der Waals surface area (Å²) < 4.78 is 21.4. The van der Waals surface area contributed by atoms with E-state index in [9.17, 15) is 14.0 Å². The Labute approximate surface area is 267 Å². The summed E-state index contributed by atoms with van der Waals surface area (Å²) in [6.45, 7) is 0.454. The molecule has 0 unspecified atom stereocenters. The van der Waals surface area contributed by atoms with Crippen molar-refractivity contribution in [2.75, 3.05) is 12.9 Å². The number of rotatable bonds is 11. The van der Waals surface area contributed by atoms with Crippen LogP contribution in [0.25, 0.3) is 0 Å². The van der Waals surface area contributed by atoms with Crippen molar-refractivity contribution in [1.29, 1.82) is 0 Å². The largest absolute Gasteiger partial charge is 0.497 e. The van der Waals surface area contributed by atoms with Gasteiger partial charge in [-0.05, 0) is 46.8 Å². The van der Waals surface area contributed by atoms with Gasteiger partial charge in [0.1, 0.15) is 11.6 Å². The lowest BCUT2D eigenvalue weighted by atomic mass is 10.0. The van der Waals surface area contributed by atoms with Crippen LogP contribution in [0.2, 0.25) is 0 Å². The van der Waals surface area contributed by atoms with Crippen molar-refractivity contribution in [3.05, 3.63) is 130 Å². The van der Waals surface area contributed by atoms with Crippen molar-refractivity contribution in [1.82, 2.24) is 25.1 Å². The number of methoxy groups -OCH3 is 1. The van der Waals surface area contributed by atoms with E-state index in [1.54, 1.807) is 29.5 Å². The zero-order chi connectivity index (χ0) is 31.2. The molecule has 0 fully saturated rings. The molecule has 9 nitrogen and oxygen atoms in total. The minimum atomic E-state index is -0.602. The maximum Gasteiger partial charge on any atom is 0.254 e. The van der Waals surface area contributed by atoms with Gasteiger partial charge in [-0.25, -0.2) is 9.40 Å². The summed E-state index contributed by atoms with van der Waals surface area (Å²) in [7, 11) is 1.62. The third kappa shape index (κ3) is 6.97. The molecule has 3 heterocycles. The lowest BCUT2D eigenvalue weighted by molar-refractivity contribution is -0.130. The van der Waals surface area contributed by atoms with Crippen molar-refractivity contribution < 1.29 is 18.7 Å². The molecular formula is C33H29FN6O3S2. The number of aromatic nitrogens is 3. The van der Waals surface area contributed by atoms with Crippen molar-refractivity contribution >= 4 is 40.6 Å². The number of benzene rings is 3. The van der Waals surface area contributed by atoms with E-state index in [0.717, 1.165) is 27.5 Å². The zero-order valence-corrected chi connectivity index (χ0v) is 25.9. The average molecular weight is 641 g/mol. The minimum absolute atomic E-state index is 0.0294. The molecule has 0 bridgehead atoms. The fourth-order valence-electron chi connectivity index (χ4n) is 4.99. The van der Waals surface area contributed by atoms with Crippen LogP contribution in [0.5, 0.6) is 5.75 Å². The molecule has 0 saturated carbocycles. The summed E-state index contributed by atoms with van der Waals surface area (Å²) in [6, 6.07) is 27.0. The van der Waals surface area contributed by atoms with Crippen molar-refractivity contribution in [2.24, 2.45) is 5.10 Å². The Kier molecular flexibility index (Phi) is 9.32. The molecule has 2 aromatic heterocycles. The molecule has 12 heteroatoms. The van der Waals surface area contributed by atoms with Gasteiger partial charge in [0.05, 0.1) is 48.1 Å². The predicted octanol–water partition coefficient (Wildman–Crippen LogP) is 5.94. The second-order valence-electron chi connectivity index (χ2n) is 10.2. The minimum Gasteiger partial charge on any atom is -0.497 e.